The fourth-order valence-corrected chi connectivity index (χ4v) is 3.36. The number of tetrazole rings is 1. The van der Waals surface area contributed by atoms with Gasteiger partial charge in [-0.25, -0.2) is 5.10 Å². The van der Waals surface area contributed by atoms with Crippen molar-refractivity contribution in [2.45, 2.75) is 18.8 Å². The van der Waals surface area contributed by atoms with Crippen molar-refractivity contribution in [2.24, 2.45) is 0 Å². The molecule has 1 fully saturated rings. The predicted octanol–water partition coefficient (Wildman–Crippen LogP) is 4.61. The summed E-state index contributed by atoms with van der Waals surface area (Å²) in [5.74, 6) is 1.18. The molecule has 122 valence electrons. The van der Waals surface area contributed by atoms with Crippen LogP contribution in [0.25, 0.3) is 33.4 Å². The van der Waals surface area contributed by atoms with Gasteiger partial charge in [-0.3, -0.25) is 4.98 Å². The minimum Gasteiger partial charge on any atom is -0.252 e. The third kappa shape index (κ3) is 2.66. The van der Waals surface area contributed by atoms with Crippen molar-refractivity contribution in [3.8, 4) is 22.5 Å². The van der Waals surface area contributed by atoms with Crippen LogP contribution >= 0.6 is 11.6 Å². The maximum Gasteiger partial charge on any atom is 0.181 e. The number of fused-ring (bicyclic) bond motifs is 1. The largest absolute Gasteiger partial charge is 0.252 e. The number of benzene rings is 2. The fraction of sp³-hybridized carbons (Fsp3) is 0.158. The lowest BCUT2D eigenvalue weighted by atomic mass is 10.0. The Morgan fingerprint density at radius 2 is 1.88 bits per heavy atom. The Morgan fingerprint density at radius 3 is 2.64 bits per heavy atom. The van der Waals surface area contributed by atoms with Crippen LogP contribution in [0.3, 0.4) is 0 Å². The fourth-order valence-electron chi connectivity index (χ4n) is 3.17. The molecule has 1 saturated carbocycles. The third-order valence-corrected chi connectivity index (χ3v) is 4.80. The van der Waals surface area contributed by atoms with Gasteiger partial charge in [0.2, 0.25) is 0 Å². The number of rotatable bonds is 3. The molecule has 1 aliphatic rings. The van der Waals surface area contributed by atoms with E-state index in [1.54, 1.807) is 0 Å². The quantitative estimate of drug-likeness (QED) is 0.587. The lowest BCUT2D eigenvalue weighted by Gasteiger charge is -2.09. The van der Waals surface area contributed by atoms with Crippen LogP contribution in [0.4, 0.5) is 0 Å². The normalized spacial score (nSPS) is 14.1. The minimum absolute atomic E-state index is 0.511. The zero-order valence-corrected chi connectivity index (χ0v) is 14.0. The molecule has 6 heteroatoms. The Bertz CT molecular complexity index is 1070. The first-order valence-corrected chi connectivity index (χ1v) is 8.60. The number of H-pyrrole nitrogens is 1. The summed E-state index contributed by atoms with van der Waals surface area (Å²) in [5.41, 5.74) is 5.26. The average Bonchev–Trinajstić information content (AvgIpc) is 3.34. The smallest absolute Gasteiger partial charge is 0.181 e. The highest BCUT2D eigenvalue weighted by atomic mass is 35.5. The maximum atomic E-state index is 6.13. The van der Waals surface area contributed by atoms with Gasteiger partial charge in [-0.2, -0.15) is 0 Å². The minimum atomic E-state index is 0.511. The van der Waals surface area contributed by atoms with Crippen LogP contribution in [0.15, 0.2) is 48.5 Å². The van der Waals surface area contributed by atoms with Gasteiger partial charge in [0.25, 0.3) is 0 Å². The Hall–Kier alpha value is -2.79. The molecule has 1 N–H and O–H groups in total. The molecule has 1 aliphatic carbocycles. The number of nitrogens with zero attached hydrogens (tertiary/aromatic N) is 4. The second-order valence-electron chi connectivity index (χ2n) is 6.36. The molecule has 25 heavy (non-hydrogen) atoms. The molecule has 0 unspecified atom stereocenters. The molecule has 5 rings (SSSR count). The summed E-state index contributed by atoms with van der Waals surface area (Å²) in [6, 6.07) is 16.3. The summed E-state index contributed by atoms with van der Waals surface area (Å²) in [6.45, 7) is 0. The van der Waals surface area contributed by atoms with Crippen molar-refractivity contribution in [2.75, 3.05) is 0 Å². The zero-order chi connectivity index (χ0) is 16.8. The van der Waals surface area contributed by atoms with Crippen molar-refractivity contribution in [1.29, 1.82) is 0 Å². The van der Waals surface area contributed by atoms with Crippen LogP contribution in [0.2, 0.25) is 5.02 Å². The molecule has 0 saturated heterocycles. The first-order valence-electron chi connectivity index (χ1n) is 8.23. The van der Waals surface area contributed by atoms with Crippen molar-refractivity contribution >= 4 is 22.5 Å². The number of hydrogen-bond acceptors (Lipinski definition) is 4. The second-order valence-corrected chi connectivity index (χ2v) is 6.80. The first-order chi connectivity index (χ1) is 12.3. The van der Waals surface area contributed by atoms with Crippen LogP contribution in [0, 0.1) is 0 Å². The van der Waals surface area contributed by atoms with Gasteiger partial charge in [0.15, 0.2) is 5.82 Å². The Balaban J connectivity index is 1.70. The summed E-state index contributed by atoms with van der Waals surface area (Å²) in [5, 5.41) is 16.2. The molecule has 0 aliphatic heterocycles. The van der Waals surface area contributed by atoms with Gasteiger partial charge in [-0.15, -0.1) is 5.10 Å². The van der Waals surface area contributed by atoms with Gasteiger partial charge in [-0.05, 0) is 64.7 Å². The van der Waals surface area contributed by atoms with Crippen molar-refractivity contribution in [3.05, 3.63) is 59.2 Å². The molecule has 2 aromatic heterocycles. The number of pyridine rings is 1. The molecule has 5 nitrogen and oxygen atoms in total. The highest BCUT2D eigenvalue weighted by molar-refractivity contribution is 6.30. The molecule has 0 bridgehead atoms. The van der Waals surface area contributed by atoms with Crippen molar-refractivity contribution in [3.63, 3.8) is 0 Å². The average molecular weight is 348 g/mol. The van der Waals surface area contributed by atoms with E-state index in [0.29, 0.717) is 11.7 Å². The van der Waals surface area contributed by atoms with E-state index >= 15 is 0 Å². The summed E-state index contributed by atoms with van der Waals surface area (Å²) < 4.78 is 0. The van der Waals surface area contributed by atoms with E-state index < -0.39 is 0 Å². The van der Waals surface area contributed by atoms with Gasteiger partial charge >= 0.3 is 0 Å². The highest BCUT2D eigenvalue weighted by Gasteiger charge is 2.29. The number of nitrogens with one attached hydrogen (secondary N) is 1. The zero-order valence-electron chi connectivity index (χ0n) is 13.3. The van der Waals surface area contributed by atoms with Gasteiger partial charge in [0.1, 0.15) is 0 Å². The van der Waals surface area contributed by atoms with Crippen LogP contribution < -0.4 is 0 Å². The monoisotopic (exact) mass is 347 g/mol. The molecule has 2 aromatic carbocycles. The predicted molar refractivity (Wildman–Crippen MR) is 97.3 cm³/mol. The standard InChI is InChI=1S/C19H14ClN5/c20-15-3-1-2-12(9-15)13-6-7-17-14(8-13)10-16(19-22-24-25-23-19)18(21-17)11-4-5-11/h1-3,6-11H,4-5H2,(H,22,23,24,25). The van der Waals surface area contributed by atoms with Gasteiger partial charge in [0.05, 0.1) is 11.2 Å². The lowest BCUT2D eigenvalue weighted by Crippen LogP contribution is -1.95. The van der Waals surface area contributed by atoms with E-state index in [2.05, 4.69) is 51.0 Å². The molecule has 0 atom stereocenters. The number of halogens is 1. The summed E-state index contributed by atoms with van der Waals surface area (Å²) >= 11 is 6.13. The molecule has 0 spiro atoms. The summed E-state index contributed by atoms with van der Waals surface area (Å²) in [6.07, 6.45) is 2.35. The van der Waals surface area contributed by atoms with Crippen LogP contribution in [0.1, 0.15) is 24.5 Å². The molecular weight excluding hydrogens is 334 g/mol. The Kier molecular flexibility index (Phi) is 3.28. The van der Waals surface area contributed by atoms with Gasteiger partial charge in [0, 0.05) is 21.9 Å². The molecule has 0 radical (unpaired) electrons. The molecule has 4 aromatic rings. The Morgan fingerprint density at radius 1 is 1.00 bits per heavy atom. The summed E-state index contributed by atoms with van der Waals surface area (Å²) in [7, 11) is 0. The van der Waals surface area contributed by atoms with E-state index in [4.69, 9.17) is 16.6 Å². The van der Waals surface area contributed by atoms with Crippen LogP contribution in [-0.4, -0.2) is 25.6 Å². The van der Waals surface area contributed by atoms with Crippen LogP contribution in [0.5, 0.6) is 0 Å². The van der Waals surface area contributed by atoms with Crippen LogP contribution in [-0.2, 0) is 0 Å². The van der Waals surface area contributed by atoms with Gasteiger partial charge in [-0.1, -0.05) is 29.8 Å². The van der Waals surface area contributed by atoms with Crippen molar-refractivity contribution in [1.82, 2.24) is 25.6 Å². The third-order valence-electron chi connectivity index (χ3n) is 4.57. The number of aromatic nitrogens is 5. The van der Waals surface area contributed by atoms with E-state index in [-0.39, 0.29) is 0 Å². The topological polar surface area (TPSA) is 67.3 Å². The first kappa shape index (κ1) is 14.5. The van der Waals surface area contributed by atoms with E-state index in [0.717, 1.165) is 38.3 Å². The van der Waals surface area contributed by atoms with Gasteiger partial charge < -0.3 is 0 Å². The molecule has 2 heterocycles. The van der Waals surface area contributed by atoms with E-state index in [1.807, 2.05) is 18.2 Å². The van der Waals surface area contributed by atoms with Crippen molar-refractivity contribution < 1.29 is 0 Å². The second kappa shape index (κ2) is 5.63. The molecule has 0 amide bonds. The Labute approximate surface area is 149 Å². The maximum absolute atomic E-state index is 6.13. The number of aromatic amines is 1. The lowest BCUT2D eigenvalue weighted by molar-refractivity contribution is 0.881. The SMILES string of the molecule is Clc1cccc(-c2ccc3nc(C4CC4)c(-c4nnn[nH]4)cc3c2)c1. The van der Waals surface area contributed by atoms with E-state index in [1.165, 1.54) is 12.8 Å². The van der Waals surface area contributed by atoms with E-state index in [9.17, 15) is 0 Å². The summed E-state index contributed by atoms with van der Waals surface area (Å²) in [4.78, 5) is 4.90. The highest BCUT2D eigenvalue weighted by Crippen LogP contribution is 2.43. The number of hydrogen-bond donors (Lipinski definition) is 1. The molecular formula is C19H14ClN5.